The Morgan fingerprint density at radius 3 is 2.72 bits per heavy atom. The summed E-state index contributed by atoms with van der Waals surface area (Å²) in [5.74, 6) is 0. The Morgan fingerprint density at radius 2 is 2.17 bits per heavy atom. The van der Waals surface area contributed by atoms with Crippen LogP contribution in [0.5, 0.6) is 0 Å². The van der Waals surface area contributed by atoms with Crippen LogP contribution in [-0.4, -0.2) is 69.6 Å². The fraction of sp³-hybridized carbons (Fsp3) is 0.769. The second-order valence-corrected chi connectivity index (χ2v) is 5.38. The van der Waals surface area contributed by atoms with Crippen LogP contribution in [0.2, 0.25) is 0 Å². The third kappa shape index (κ3) is 2.30. The molecule has 3 saturated heterocycles. The van der Waals surface area contributed by atoms with Crippen molar-refractivity contribution in [2.24, 2.45) is 0 Å². The van der Waals surface area contributed by atoms with Gasteiger partial charge in [-0.3, -0.25) is 14.5 Å². The molecule has 3 aliphatic heterocycles. The van der Waals surface area contributed by atoms with Crippen LogP contribution in [0.4, 0.5) is 0 Å². The fourth-order valence-electron chi connectivity index (χ4n) is 3.08. The van der Waals surface area contributed by atoms with Gasteiger partial charge in [-0.15, -0.1) is 0 Å². The van der Waals surface area contributed by atoms with E-state index in [1.54, 1.807) is 0 Å². The van der Waals surface area contributed by atoms with E-state index in [4.69, 9.17) is 0 Å². The van der Waals surface area contributed by atoms with Crippen molar-refractivity contribution in [2.75, 3.05) is 32.7 Å². The highest BCUT2D eigenvalue weighted by atomic mass is 16.3. The SMILES string of the molecule is CCn1cc(CC(O)C2CN3CCN2CC3)cn1. The van der Waals surface area contributed by atoms with E-state index in [-0.39, 0.29) is 6.10 Å². The molecule has 100 valence electrons. The lowest BCUT2D eigenvalue weighted by molar-refractivity contribution is -0.0453. The van der Waals surface area contributed by atoms with Crippen LogP contribution in [0.1, 0.15) is 12.5 Å². The van der Waals surface area contributed by atoms with Crippen LogP contribution in [0.15, 0.2) is 12.4 Å². The van der Waals surface area contributed by atoms with Crippen molar-refractivity contribution in [1.82, 2.24) is 19.6 Å². The van der Waals surface area contributed by atoms with Gasteiger partial charge in [0.05, 0.1) is 12.3 Å². The van der Waals surface area contributed by atoms with E-state index in [9.17, 15) is 5.11 Å². The highest BCUT2D eigenvalue weighted by Gasteiger charge is 2.35. The van der Waals surface area contributed by atoms with E-state index in [0.29, 0.717) is 6.04 Å². The molecule has 1 N–H and O–H groups in total. The van der Waals surface area contributed by atoms with Crippen molar-refractivity contribution in [1.29, 1.82) is 0 Å². The molecule has 4 rings (SSSR count). The average molecular weight is 250 g/mol. The van der Waals surface area contributed by atoms with Crippen molar-refractivity contribution in [2.45, 2.75) is 32.0 Å². The molecule has 2 unspecified atom stereocenters. The summed E-state index contributed by atoms with van der Waals surface area (Å²) in [6, 6.07) is 0.303. The monoisotopic (exact) mass is 250 g/mol. The average Bonchev–Trinajstić information content (AvgIpc) is 2.87. The van der Waals surface area contributed by atoms with Crippen molar-refractivity contribution in [3.8, 4) is 0 Å². The quantitative estimate of drug-likeness (QED) is 0.804. The Labute approximate surface area is 108 Å². The fourth-order valence-corrected chi connectivity index (χ4v) is 3.08. The summed E-state index contributed by atoms with van der Waals surface area (Å²) in [4.78, 5) is 4.90. The van der Waals surface area contributed by atoms with E-state index in [0.717, 1.165) is 51.3 Å². The van der Waals surface area contributed by atoms with Crippen LogP contribution < -0.4 is 0 Å². The van der Waals surface area contributed by atoms with Gasteiger partial charge in [-0.2, -0.15) is 5.10 Å². The van der Waals surface area contributed by atoms with E-state index >= 15 is 0 Å². The number of nitrogens with zero attached hydrogens (tertiary/aromatic N) is 4. The zero-order valence-corrected chi connectivity index (χ0v) is 11.0. The number of aromatic nitrogens is 2. The standard InChI is InChI=1S/C13H22N4O/c1-2-17-9-11(8-14-17)7-13(18)12-10-15-3-5-16(12)6-4-15/h8-9,12-13,18H,2-7,10H2,1H3. The number of hydrogen-bond donors (Lipinski definition) is 1. The van der Waals surface area contributed by atoms with Gasteiger partial charge in [0.15, 0.2) is 0 Å². The zero-order chi connectivity index (χ0) is 12.5. The lowest BCUT2D eigenvalue weighted by atomic mass is 9.98. The van der Waals surface area contributed by atoms with Gasteiger partial charge in [-0.25, -0.2) is 0 Å². The number of aryl methyl sites for hydroxylation is 1. The van der Waals surface area contributed by atoms with Crippen LogP contribution in [0, 0.1) is 0 Å². The maximum atomic E-state index is 10.4. The Bertz CT molecular complexity index is 397. The topological polar surface area (TPSA) is 44.5 Å². The normalized spacial score (nSPS) is 32.7. The van der Waals surface area contributed by atoms with Gasteiger partial charge in [0.2, 0.25) is 0 Å². The first-order chi connectivity index (χ1) is 8.76. The number of aliphatic hydroxyl groups is 1. The number of aliphatic hydroxyl groups excluding tert-OH is 1. The molecule has 1 aromatic rings. The molecule has 4 heterocycles. The molecule has 5 nitrogen and oxygen atoms in total. The van der Waals surface area contributed by atoms with Gasteiger partial charge in [-0.1, -0.05) is 0 Å². The molecule has 1 aromatic heterocycles. The molecule has 0 aliphatic carbocycles. The van der Waals surface area contributed by atoms with Gasteiger partial charge in [0.25, 0.3) is 0 Å². The molecule has 0 aromatic carbocycles. The minimum absolute atomic E-state index is 0.275. The Hall–Kier alpha value is -0.910. The maximum Gasteiger partial charge on any atom is 0.0749 e. The minimum atomic E-state index is -0.275. The lowest BCUT2D eigenvalue weighted by Gasteiger charge is -2.49. The summed E-state index contributed by atoms with van der Waals surface area (Å²) in [6.45, 7) is 8.52. The zero-order valence-electron chi connectivity index (χ0n) is 11.0. The van der Waals surface area contributed by atoms with Crippen molar-refractivity contribution >= 4 is 0 Å². The number of fused-ring (bicyclic) bond motifs is 3. The Balaban J connectivity index is 1.62. The highest BCUT2D eigenvalue weighted by molar-refractivity contribution is 5.07. The van der Waals surface area contributed by atoms with Crippen molar-refractivity contribution < 1.29 is 5.11 Å². The molecule has 2 bridgehead atoms. The largest absolute Gasteiger partial charge is 0.391 e. The molecule has 2 atom stereocenters. The molecule has 0 spiro atoms. The van der Waals surface area contributed by atoms with E-state index in [1.807, 2.05) is 17.1 Å². The first kappa shape index (κ1) is 12.1. The van der Waals surface area contributed by atoms with Gasteiger partial charge in [0.1, 0.15) is 0 Å². The van der Waals surface area contributed by atoms with E-state index in [2.05, 4.69) is 21.8 Å². The predicted molar refractivity (Wildman–Crippen MR) is 69.4 cm³/mol. The van der Waals surface area contributed by atoms with Crippen LogP contribution >= 0.6 is 0 Å². The highest BCUT2D eigenvalue weighted by Crippen LogP contribution is 2.20. The number of hydrogen-bond acceptors (Lipinski definition) is 4. The van der Waals surface area contributed by atoms with Crippen LogP contribution in [0.3, 0.4) is 0 Å². The third-order valence-electron chi connectivity index (χ3n) is 4.22. The minimum Gasteiger partial charge on any atom is -0.391 e. The molecule has 3 aliphatic rings. The van der Waals surface area contributed by atoms with Gasteiger partial charge in [0, 0.05) is 57.9 Å². The van der Waals surface area contributed by atoms with Gasteiger partial charge >= 0.3 is 0 Å². The molecule has 18 heavy (non-hydrogen) atoms. The Morgan fingerprint density at radius 1 is 1.39 bits per heavy atom. The summed E-state index contributed by atoms with van der Waals surface area (Å²) in [5.41, 5.74) is 1.14. The van der Waals surface area contributed by atoms with Crippen LogP contribution in [-0.2, 0) is 13.0 Å². The van der Waals surface area contributed by atoms with Gasteiger partial charge in [-0.05, 0) is 12.5 Å². The summed E-state index contributed by atoms with van der Waals surface area (Å²) < 4.78 is 1.92. The number of piperazine rings is 3. The van der Waals surface area contributed by atoms with Crippen LogP contribution in [0.25, 0.3) is 0 Å². The molecule has 0 saturated carbocycles. The molecule has 0 amide bonds. The first-order valence-electron chi connectivity index (χ1n) is 6.92. The van der Waals surface area contributed by atoms with Crippen molar-refractivity contribution in [3.63, 3.8) is 0 Å². The summed E-state index contributed by atoms with van der Waals surface area (Å²) >= 11 is 0. The van der Waals surface area contributed by atoms with E-state index < -0.39 is 0 Å². The molecule has 3 fully saturated rings. The predicted octanol–water partition coefficient (Wildman–Crippen LogP) is -0.194. The molecular formula is C13H22N4O. The second-order valence-electron chi connectivity index (χ2n) is 5.38. The van der Waals surface area contributed by atoms with Gasteiger partial charge < -0.3 is 5.11 Å². The molecule has 0 radical (unpaired) electrons. The van der Waals surface area contributed by atoms with E-state index in [1.165, 1.54) is 0 Å². The molecule has 5 heteroatoms. The smallest absolute Gasteiger partial charge is 0.0749 e. The summed E-state index contributed by atoms with van der Waals surface area (Å²) in [7, 11) is 0. The third-order valence-corrected chi connectivity index (χ3v) is 4.22. The molecular weight excluding hydrogens is 228 g/mol. The maximum absolute atomic E-state index is 10.4. The lowest BCUT2D eigenvalue weighted by Crippen LogP contribution is -2.64. The van der Waals surface area contributed by atoms with Crippen molar-refractivity contribution in [3.05, 3.63) is 18.0 Å². The summed E-state index contributed by atoms with van der Waals surface area (Å²) in [5, 5.41) is 14.7. The summed E-state index contributed by atoms with van der Waals surface area (Å²) in [6.07, 6.45) is 4.36. The second kappa shape index (κ2) is 4.99. The number of rotatable bonds is 4. The first-order valence-corrected chi connectivity index (χ1v) is 6.92. The Kier molecular flexibility index (Phi) is 3.37.